The van der Waals surface area contributed by atoms with Crippen LogP contribution in [0.25, 0.3) is 0 Å². The highest BCUT2D eigenvalue weighted by molar-refractivity contribution is 5.90. The fourth-order valence-electron chi connectivity index (χ4n) is 1.99. The monoisotopic (exact) mass is 288 g/mol. The van der Waals surface area contributed by atoms with Crippen molar-refractivity contribution < 1.29 is 13.9 Å². The van der Waals surface area contributed by atoms with Crippen LogP contribution in [0, 0.1) is 5.82 Å². The van der Waals surface area contributed by atoms with Gasteiger partial charge in [0.2, 0.25) is 5.91 Å². The number of carbonyl (C=O) groups is 1. The van der Waals surface area contributed by atoms with Gasteiger partial charge in [0, 0.05) is 19.0 Å². The molecule has 0 aliphatic carbocycles. The lowest BCUT2D eigenvalue weighted by Gasteiger charge is -2.20. The number of benzene rings is 2. The molecule has 0 saturated heterocycles. The molecule has 2 aromatic carbocycles. The molecule has 0 spiro atoms. The molecule has 110 valence electrons. The van der Waals surface area contributed by atoms with Gasteiger partial charge in [0.1, 0.15) is 17.7 Å². The smallest absolute Gasteiger partial charge is 0.221 e. The Hall–Kier alpha value is -2.40. The summed E-state index contributed by atoms with van der Waals surface area (Å²) in [5.74, 6) is -0.127. The van der Waals surface area contributed by atoms with Crippen LogP contribution >= 0.6 is 0 Å². The van der Waals surface area contributed by atoms with Gasteiger partial charge in [0.15, 0.2) is 0 Å². The van der Waals surface area contributed by atoms with Gasteiger partial charge < -0.3 is 15.8 Å². The molecule has 0 saturated carbocycles. The van der Waals surface area contributed by atoms with Crippen molar-refractivity contribution in [2.45, 2.75) is 13.0 Å². The second-order valence-electron chi connectivity index (χ2n) is 4.54. The quantitative estimate of drug-likeness (QED) is 0.889. The van der Waals surface area contributed by atoms with Crippen LogP contribution in [-0.2, 0) is 4.79 Å². The average molecular weight is 288 g/mol. The molecule has 0 radical (unpaired) electrons. The second-order valence-corrected chi connectivity index (χ2v) is 4.54. The zero-order chi connectivity index (χ0) is 15.2. The van der Waals surface area contributed by atoms with Crippen LogP contribution in [0.2, 0.25) is 0 Å². The summed E-state index contributed by atoms with van der Waals surface area (Å²) in [4.78, 5) is 11.2. The molecule has 0 fully saturated rings. The first-order valence-electron chi connectivity index (χ1n) is 6.59. The molecular weight excluding hydrogens is 271 g/mol. The van der Waals surface area contributed by atoms with Crippen molar-refractivity contribution in [2.24, 2.45) is 5.73 Å². The lowest BCUT2D eigenvalue weighted by Crippen LogP contribution is -2.20. The minimum Gasteiger partial charge on any atom is -0.482 e. The molecule has 0 bridgehead atoms. The zero-order valence-corrected chi connectivity index (χ0v) is 11.7. The fraction of sp³-hybridized carbons (Fsp3) is 0.188. The highest BCUT2D eigenvalue weighted by Crippen LogP contribution is 2.29. The number of hydrogen-bond acceptors (Lipinski definition) is 3. The maximum absolute atomic E-state index is 13.8. The van der Waals surface area contributed by atoms with E-state index in [1.807, 2.05) is 0 Å². The number of carbonyl (C=O) groups excluding carboxylic acids is 1. The molecule has 1 amide bonds. The SMILES string of the molecule is CC(=O)Nc1ccccc1OC(CN)c1ccccc1F. The van der Waals surface area contributed by atoms with E-state index in [-0.39, 0.29) is 18.3 Å². The summed E-state index contributed by atoms with van der Waals surface area (Å²) in [6.45, 7) is 1.53. The summed E-state index contributed by atoms with van der Waals surface area (Å²) in [5, 5.41) is 2.67. The highest BCUT2D eigenvalue weighted by Gasteiger charge is 2.17. The summed E-state index contributed by atoms with van der Waals surface area (Å²) in [6, 6.07) is 13.3. The maximum Gasteiger partial charge on any atom is 0.221 e. The first kappa shape index (κ1) is 15.0. The zero-order valence-electron chi connectivity index (χ0n) is 11.7. The lowest BCUT2D eigenvalue weighted by atomic mass is 10.1. The van der Waals surface area contributed by atoms with Crippen molar-refractivity contribution in [1.29, 1.82) is 0 Å². The van der Waals surface area contributed by atoms with Crippen LogP contribution in [0.4, 0.5) is 10.1 Å². The van der Waals surface area contributed by atoms with Crippen LogP contribution in [0.1, 0.15) is 18.6 Å². The molecule has 1 atom stereocenters. The van der Waals surface area contributed by atoms with Gasteiger partial charge in [-0.15, -0.1) is 0 Å². The average Bonchev–Trinajstić information content (AvgIpc) is 2.47. The normalized spacial score (nSPS) is 11.8. The molecule has 2 aromatic rings. The van der Waals surface area contributed by atoms with Gasteiger partial charge in [0.05, 0.1) is 5.69 Å². The van der Waals surface area contributed by atoms with E-state index in [0.29, 0.717) is 17.0 Å². The molecule has 0 heterocycles. The number of anilines is 1. The van der Waals surface area contributed by atoms with E-state index in [1.165, 1.54) is 13.0 Å². The Morgan fingerprint density at radius 1 is 1.24 bits per heavy atom. The van der Waals surface area contributed by atoms with Crippen LogP contribution in [-0.4, -0.2) is 12.5 Å². The standard InChI is InChI=1S/C16H17FN2O2/c1-11(20)19-14-8-4-5-9-15(14)21-16(10-18)12-6-2-3-7-13(12)17/h2-9,16H,10,18H2,1H3,(H,19,20). The second kappa shape index (κ2) is 6.85. The topological polar surface area (TPSA) is 64.3 Å². The predicted molar refractivity (Wildman–Crippen MR) is 79.6 cm³/mol. The third kappa shape index (κ3) is 3.79. The molecule has 21 heavy (non-hydrogen) atoms. The first-order chi connectivity index (χ1) is 10.1. The van der Waals surface area contributed by atoms with Crippen LogP contribution in [0.15, 0.2) is 48.5 Å². The molecule has 4 nitrogen and oxygen atoms in total. The number of hydrogen-bond donors (Lipinski definition) is 2. The Bertz CT molecular complexity index is 631. The highest BCUT2D eigenvalue weighted by atomic mass is 19.1. The molecule has 5 heteroatoms. The number of amides is 1. The van der Waals surface area contributed by atoms with E-state index in [0.717, 1.165) is 0 Å². The van der Waals surface area contributed by atoms with Crippen LogP contribution in [0.5, 0.6) is 5.75 Å². The lowest BCUT2D eigenvalue weighted by molar-refractivity contribution is -0.114. The number of nitrogens with two attached hydrogens (primary N) is 1. The Labute approximate surface area is 122 Å². The molecule has 0 aliphatic heterocycles. The van der Waals surface area contributed by atoms with E-state index in [4.69, 9.17) is 10.5 Å². The van der Waals surface area contributed by atoms with Crippen LogP contribution in [0.3, 0.4) is 0 Å². The fourth-order valence-corrected chi connectivity index (χ4v) is 1.99. The molecule has 0 aromatic heterocycles. The number of ether oxygens (including phenoxy) is 1. The van der Waals surface area contributed by atoms with Gasteiger partial charge in [-0.25, -0.2) is 4.39 Å². The molecule has 2 rings (SSSR count). The Morgan fingerprint density at radius 3 is 2.57 bits per heavy atom. The Kier molecular flexibility index (Phi) is 4.90. The summed E-state index contributed by atoms with van der Waals surface area (Å²) >= 11 is 0. The van der Waals surface area contributed by atoms with Crippen molar-refractivity contribution in [3.63, 3.8) is 0 Å². The van der Waals surface area contributed by atoms with E-state index in [9.17, 15) is 9.18 Å². The summed E-state index contributed by atoms with van der Waals surface area (Å²) in [6.07, 6.45) is -0.624. The van der Waals surface area contributed by atoms with Crippen molar-refractivity contribution in [3.05, 3.63) is 59.9 Å². The van der Waals surface area contributed by atoms with Gasteiger partial charge in [-0.2, -0.15) is 0 Å². The summed E-state index contributed by atoms with van der Waals surface area (Å²) in [7, 11) is 0. The first-order valence-corrected chi connectivity index (χ1v) is 6.59. The van der Waals surface area contributed by atoms with Gasteiger partial charge >= 0.3 is 0 Å². The summed E-state index contributed by atoms with van der Waals surface area (Å²) in [5.41, 5.74) is 6.61. The molecule has 1 unspecified atom stereocenters. The van der Waals surface area contributed by atoms with Crippen LogP contribution < -0.4 is 15.8 Å². The van der Waals surface area contributed by atoms with Gasteiger partial charge in [0.25, 0.3) is 0 Å². The third-order valence-corrected chi connectivity index (χ3v) is 2.93. The molecule has 0 aliphatic rings. The third-order valence-electron chi connectivity index (χ3n) is 2.93. The predicted octanol–water partition coefficient (Wildman–Crippen LogP) is 2.86. The Morgan fingerprint density at radius 2 is 1.90 bits per heavy atom. The van der Waals surface area contributed by atoms with Crippen molar-refractivity contribution >= 4 is 11.6 Å². The molecular formula is C16H17FN2O2. The Balaban J connectivity index is 2.27. The number of rotatable bonds is 5. The number of halogens is 1. The van der Waals surface area contributed by atoms with E-state index < -0.39 is 6.10 Å². The van der Waals surface area contributed by atoms with E-state index >= 15 is 0 Å². The molecule has 3 N–H and O–H groups in total. The largest absolute Gasteiger partial charge is 0.482 e. The maximum atomic E-state index is 13.8. The van der Waals surface area contributed by atoms with Crippen molar-refractivity contribution in [2.75, 3.05) is 11.9 Å². The minimum atomic E-state index is -0.624. The minimum absolute atomic E-state index is 0.120. The van der Waals surface area contributed by atoms with Crippen molar-refractivity contribution in [1.82, 2.24) is 0 Å². The summed E-state index contributed by atoms with van der Waals surface area (Å²) < 4.78 is 19.6. The van der Waals surface area contributed by atoms with E-state index in [1.54, 1.807) is 42.5 Å². The van der Waals surface area contributed by atoms with Gasteiger partial charge in [-0.3, -0.25) is 4.79 Å². The van der Waals surface area contributed by atoms with Crippen molar-refractivity contribution in [3.8, 4) is 5.75 Å². The van der Waals surface area contributed by atoms with E-state index in [2.05, 4.69) is 5.32 Å². The number of para-hydroxylation sites is 2. The van der Waals surface area contributed by atoms with Gasteiger partial charge in [-0.1, -0.05) is 30.3 Å². The van der Waals surface area contributed by atoms with Gasteiger partial charge in [-0.05, 0) is 18.2 Å². The number of nitrogens with one attached hydrogen (secondary N) is 1.